The van der Waals surface area contributed by atoms with Crippen LogP contribution in [0.15, 0.2) is 42.5 Å². The number of nitrogens with one attached hydrogen (secondary N) is 1. The fraction of sp³-hybridized carbons (Fsp3) is 0.409. The minimum Gasteiger partial charge on any atom is -0.481 e. The molecule has 26 heavy (non-hydrogen) atoms. The second kappa shape index (κ2) is 10.3. The third-order valence-electron chi connectivity index (χ3n) is 4.03. The van der Waals surface area contributed by atoms with E-state index >= 15 is 0 Å². The average molecular weight is 372 g/mol. The van der Waals surface area contributed by atoms with Gasteiger partial charge in [0.15, 0.2) is 6.10 Å². The smallest absolute Gasteiger partial charge is 0.261 e. The van der Waals surface area contributed by atoms with Crippen molar-refractivity contribution in [2.24, 2.45) is 0 Å². The van der Waals surface area contributed by atoms with Crippen LogP contribution < -0.4 is 10.1 Å². The maximum Gasteiger partial charge on any atom is 0.261 e. The predicted molar refractivity (Wildman–Crippen MR) is 111 cm³/mol. The summed E-state index contributed by atoms with van der Waals surface area (Å²) in [7, 11) is 0. The summed E-state index contributed by atoms with van der Waals surface area (Å²) in [6, 6.07) is 14.6. The molecule has 2 rings (SSSR count). The maximum absolute atomic E-state index is 12.4. The third-order valence-corrected chi connectivity index (χ3v) is 5.06. The zero-order chi connectivity index (χ0) is 18.9. The van der Waals surface area contributed by atoms with Crippen molar-refractivity contribution in [1.82, 2.24) is 5.32 Å². The Morgan fingerprint density at radius 1 is 1.08 bits per heavy atom. The first-order chi connectivity index (χ1) is 12.5. The number of thioether (sulfide) groups is 1. The molecule has 0 spiro atoms. The van der Waals surface area contributed by atoms with E-state index in [9.17, 15) is 4.79 Å². The first kappa shape index (κ1) is 20.4. The Labute approximate surface area is 161 Å². The number of benzene rings is 2. The highest BCUT2D eigenvalue weighted by Gasteiger charge is 2.18. The van der Waals surface area contributed by atoms with E-state index in [0.29, 0.717) is 13.0 Å². The number of hydrogen-bond donors (Lipinski definition) is 1. The monoisotopic (exact) mass is 371 g/mol. The van der Waals surface area contributed by atoms with E-state index in [1.807, 2.05) is 44.7 Å². The van der Waals surface area contributed by atoms with Crippen LogP contribution in [0, 0.1) is 20.8 Å². The van der Waals surface area contributed by atoms with Gasteiger partial charge in [0.1, 0.15) is 5.75 Å². The molecule has 0 fully saturated rings. The molecule has 0 aliphatic carbocycles. The molecule has 3 nitrogen and oxygen atoms in total. The van der Waals surface area contributed by atoms with E-state index in [-0.39, 0.29) is 5.91 Å². The fourth-order valence-corrected chi connectivity index (χ4v) is 3.65. The fourth-order valence-electron chi connectivity index (χ4n) is 2.84. The van der Waals surface area contributed by atoms with Gasteiger partial charge in [0, 0.05) is 18.1 Å². The molecular formula is C22H29NO2S. The van der Waals surface area contributed by atoms with E-state index in [1.54, 1.807) is 0 Å². The van der Waals surface area contributed by atoms with Crippen LogP contribution in [0.25, 0.3) is 0 Å². The summed E-state index contributed by atoms with van der Waals surface area (Å²) in [5.74, 6) is 2.58. The van der Waals surface area contributed by atoms with Gasteiger partial charge >= 0.3 is 0 Å². The molecule has 0 saturated carbocycles. The van der Waals surface area contributed by atoms with Gasteiger partial charge in [0.2, 0.25) is 0 Å². The maximum atomic E-state index is 12.4. The number of rotatable bonds is 9. The number of hydrogen-bond acceptors (Lipinski definition) is 3. The minimum atomic E-state index is -0.446. The van der Waals surface area contributed by atoms with Crippen molar-refractivity contribution in [2.75, 3.05) is 12.3 Å². The Morgan fingerprint density at radius 2 is 1.81 bits per heavy atom. The van der Waals surface area contributed by atoms with Crippen LogP contribution in [-0.2, 0) is 10.5 Å². The highest BCUT2D eigenvalue weighted by molar-refractivity contribution is 7.98. The topological polar surface area (TPSA) is 38.3 Å². The van der Waals surface area contributed by atoms with Crippen molar-refractivity contribution in [1.29, 1.82) is 0 Å². The lowest BCUT2D eigenvalue weighted by Crippen LogP contribution is -2.39. The predicted octanol–water partition coefficient (Wildman–Crippen LogP) is 4.82. The Morgan fingerprint density at radius 3 is 2.46 bits per heavy atom. The van der Waals surface area contributed by atoms with E-state index in [2.05, 4.69) is 42.6 Å². The van der Waals surface area contributed by atoms with Gasteiger partial charge in [-0.05, 0) is 56.0 Å². The number of carbonyl (C=O) groups excluding carboxylic acids is 1. The quantitative estimate of drug-likeness (QED) is 0.642. The van der Waals surface area contributed by atoms with E-state index < -0.39 is 6.10 Å². The lowest BCUT2D eigenvalue weighted by atomic mass is 10.1. The van der Waals surface area contributed by atoms with E-state index in [1.165, 1.54) is 11.1 Å². The molecule has 0 aliphatic rings. The summed E-state index contributed by atoms with van der Waals surface area (Å²) in [4.78, 5) is 12.4. The molecular weight excluding hydrogens is 342 g/mol. The van der Waals surface area contributed by atoms with Crippen molar-refractivity contribution in [3.8, 4) is 5.75 Å². The molecule has 0 aromatic heterocycles. The Kier molecular flexibility index (Phi) is 8.05. The first-order valence-electron chi connectivity index (χ1n) is 9.14. The van der Waals surface area contributed by atoms with Crippen molar-refractivity contribution in [2.45, 2.75) is 46.0 Å². The Hall–Kier alpha value is -1.94. The molecule has 2 aromatic carbocycles. The van der Waals surface area contributed by atoms with Gasteiger partial charge in [-0.15, -0.1) is 0 Å². The first-order valence-corrected chi connectivity index (χ1v) is 10.3. The summed E-state index contributed by atoms with van der Waals surface area (Å²) in [6.07, 6.45) is 0.202. The molecule has 0 saturated heterocycles. The van der Waals surface area contributed by atoms with Crippen molar-refractivity contribution in [3.63, 3.8) is 0 Å². The SMILES string of the molecule is CC[C@@H](Oc1cc(C)cc(C)c1)C(=O)NCCSCc1cccc(C)c1. The van der Waals surface area contributed by atoms with Crippen LogP contribution in [-0.4, -0.2) is 24.3 Å². The summed E-state index contributed by atoms with van der Waals surface area (Å²) in [6.45, 7) is 8.80. The minimum absolute atomic E-state index is 0.0391. The Bertz CT molecular complexity index is 710. The highest BCUT2D eigenvalue weighted by Crippen LogP contribution is 2.18. The molecule has 0 unspecified atom stereocenters. The molecule has 0 bridgehead atoms. The summed E-state index contributed by atoms with van der Waals surface area (Å²) < 4.78 is 5.91. The zero-order valence-electron chi connectivity index (χ0n) is 16.2. The van der Waals surface area contributed by atoms with Gasteiger partial charge in [0.25, 0.3) is 5.91 Å². The summed E-state index contributed by atoms with van der Waals surface area (Å²) >= 11 is 1.83. The normalized spacial score (nSPS) is 11.8. The number of carbonyl (C=O) groups is 1. The van der Waals surface area contributed by atoms with E-state index in [4.69, 9.17) is 4.74 Å². The number of ether oxygens (including phenoxy) is 1. The molecule has 1 amide bonds. The summed E-state index contributed by atoms with van der Waals surface area (Å²) in [5.41, 5.74) is 4.89. The average Bonchev–Trinajstić information content (AvgIpc) is 2.58. The van der Waals surface area contributed by atoms with Gasteiger partial charge in [-0.3, -0.25) is 4.79 Å². The lowest BCUT2D eigenvalue weighted by Gasteiger charge is -2.18. The van der Waals surface area contributed by atoms with Crippen LogP contribution >= 0.6 is 11.8 Å². The zero-order valence-corrected chi connectivity index (χ0v) is 17.0. The van der Waals surface area contributed by atoms with Crippen LogP contribution in [0.1, 0.15) is 35.6 Å². The molecule has 0 aliphatic heterocycles. The van der Waals surface area contributed by atoms with Gasteiger partial charge in [0.05, 0.1) is 0 Å². The molecule has 140 valence electrons. The third kappa shape index (κ3) is 6.75. The van der Waals surface area contributed by atoms with Crippen LogP contribution in [0.4, 0.5) is 0 Å². The van der Waals surface area contributed by atoms with Crippen molar-refractivity contribution >= 4 is 17.7 Å². The Balaban J connectivity index is 1.74. The van der Waals surface area contributed by atoms with Crippen LogP contribution in [0.2, 0.25) is 0 Å². The number of amides is 1. The van der Waals surface area contributed by atoms with Gasteiger partial charge < -0.3 is 10.1 Å². The standard InChI is InChI=1S/C22H29NO2S/c1-5-21(25-20-13-17(3)11-18(4)14-20)22(24)23-9-10-26-15-19-8-6-7-16(2)12-19/h6-8,11-14,21H,5,9-10,15H2,1-4H3,(H,23,24)/t21-/m1/s1. The molecule has 1 N–H and O–H groups in total. The van der Waals surface area contributed by atoms with Crippen LogP contribution in [0.5, 0.6) is 5.75 Å². The lowest BCUT2D eigenvalue weighted by molar-refractivity contribution is -0.127. The van der Waals surface area contributed by atoms with Crippen LogP contribution in [0.3, 0.4) is 0 Å². The molecule has 0 heterocycles. The number of aryl methyl sites for hydroxylation is 3. The molecule has 4 heteroatoms. The van der Waals surface area contributed by atoms with E-state index in [0.717, 1.165) is 28.4 Å². The van der Waals surface area contributed by atoms with Crippen molar-refractivity contribution < 1.29 is 9.53 Å². The van der Waals surface area contributed by atoms with Gasteiger partial charge in [-0.1, -0.05) is 42.8 Å². The largest absolute Gasteiger partial charge is 0.481 e. The highest BCUT2D eigenvalue weighted by atomic mass is 32.2. The van der Waals surface area contributed by atoms with Gasteiger partial charge in [-0.25, -0.2) is 0 Å². The summed E-state index contributed by atoms with van der Waals surface area (Å²) in [5, 5.41) is 3.00. The second-order valence-corrected chi connectivity index (χ2v) is 7.78. The molecule has 0 radical (unpaired) electrons. The second-order valence-electron chi connectivity index (χ2n) is 6.67. The van der Waals surface area contributed by atoms with Gasteiger partial charge in [-0.2, -0.15) is 11.8 Å². The molecule has 2 aromatic rings. The molecule has 1 atom stereocenters. The van der Waals surface area contributed by atoms with Crippen molar-refractivity contribution in [3.05, 3.63) is 64.7 Å².